The number of methoxy groups -OCH3 is 1. The highest BCUT2D eigenvalue weighted by atomic mass is 16.5. The van der Waals surface area contributed by atoms with Crippen molar-refractivity contribution in [3.8, 4) is 0 Å². The number of oxime groups is 1. The molecule has 1 atom stereocenters. The summed E-state index contributed by atoms with van der Waals surface area (Å²) >= 11 is 0. The van der Waals surface area contributed by atoms with Crippen LogP contribution in [0.5, 0.6) is 0 Å². The molecule has 82 valence electrons. The van der Waals surface area contributed by atoms with E-state index in [0.717, 1.165) is 0 Å². The quantitative estimate of drug-likeness (QED) is 0.276. The molecule has 0 aliphatic heterocycles. The predicted octanol–water partition coefficient (Wildman–Crippen LogP) is -0.384. The number of amides is 1. The molecule has 0 saturated heterocycles. The number of carbonyl (C=O) groups is 1. The van der Waals surface area contributed by atoms with Gasteiger partial charge in [-0.3, -0.25) is 4.79 Å². The maximum atomic E-state index is 11.4. The summed E-state index contributed by atoms with van der Waals surface area (Å²) in [6.07, 6.45) is 0.288. The summed E-state index contributed by atoms with van der Waals surface area (Å²) in [5.41, 5.74) is 5.36. The zero-order valence-electron chi connectivity index (χ0n) is 8.73. The van der Waals surface area contributed by atoms with Gasteiger partial charge in [-0.1, -0.05) is 5.16 Å². The maximum absolute atomic E-state index is 11.4. The zero-order valence-corrected chi connectivity index (χ0v) is 8.73. The first-order valence-electron chi connectivity index (χ1n) is 4.26. The normalized spacial score (nSPS) is 13.8. The lowest BCUT2D eigenvalue weighted by Gasteiger charge is -2.23. The van der Waals surface area contributed by atoms with E-state index in [0.29, 0.717) is 6.61 Å². The van der Waals surface area contributed by atoms with Crippen LogP contribution in [-0.4, -0.2) is 48.7 Å². The number of hydrogen-bond donors (Lipinski definition) is 2. The van der Waals surface area contributed by atoms with Crippen molar-refractivity contribution < 1.29 is 14.7 Å². The zero-order chi connectivity index (χ0) is 11.1. The maximum Gasteiger partial charge on any atom is 0.225 e. The highest BCUT2D eigenvalue weighted by molar-refractivity contribution is 5.89. The van der Waals surface area contributed by atoms with Gasteiger partial charge >= 0.3 is 0 Å². The van der Waals surface area contributed by atoms with Gasteiger partial charge < -0.3 is 20.6 Å². The van der Waals surface area contributed by atoms with E-state index in [2.05, 4.69) is 5.16 Å². The number of rotatable bonds is 5. The molecule has 0 spiro atoms. The second kappa shape index (κ2) is 6.20. The summed E-state index contributed by atoms with van der Waals surface area (Å²) in [6.45, 7) is 2.05. The second-order valence-corrected chi connectivity index (χ2v) is 2.95. The highest BCUT2D eigenvalue weighted by Crippen LogP contribution is 1.99. The van der Waals surface area contributed by atoms with E-state index >= 15 is 0 Å². The molecule has 0 aliphatic rings. The summed E-state index contributed by atoms with van der Waals surface area (Å²) in [4.78, 5) is 12.8. The van der Waals surface area contributed by atoms with Crippen LogP contribution in [0.1, 0.15) is 13.3 Å². The number of hydrogen-bond acceptors (Lipinski definition) is 4. The van der Waals surface area contributed by atoms with E-state index in [4.69, 9.17) is 15.7 Å². The third-order valence-corrected chi connectivity index (χ3v) is 2.04. The molecule has 0 aromatic rings. The molecule has 14 heavy (non-hydrogen) atoms. The van der Waals surface area contributed by atoms with Crippen LogP contribution in [0.15, 0.2) is 5.16 Å². The van der Waals surface area contributed by atoms with Crippen molar-refractivity contribution >= 4 is 11.7 Å². The summed E-state index contributed by atoms with van der Waals surface area (Å²) in [7, 11) is 3.13. The Morgan fingerprint density at radius 1 is 1.71 bits per heavy atom. The molecule has 0 fully saturated rings. The van der Waals surface area contributed by atoms with Gasteiger partial charge in [0.15, 0.2) is 5.84 Å². The van der Waals surface area contributed by atoms with Crippen molar-refractivity contribution in [1.82, 2.24) is 4.90 Å². The molecule has 6 heteroatoms. The highest BCUT2D eigenvalue weighted by Gasteiger charge is 2.18. The monoisotopic (exact) mass is 203 g/mol. The van der Waals surface area contributed by atoms with Crippen LogP contribution in [0.2, 0.25) is 0 Å². The SMILES string of the molecule is COCCC(=O)N(C)C(C)C(N)=NO. The Bertz CT molecular complexity index is 218. The van der Waals surface area contributed by atoms with Gasteiger partial charge in [0, 0.05) is 14.2 Å². The average molecular weight is 203 g/mol. The van der Waals surface area contributed by atoms with E-state index in [9.17, 15) is 4.79 Å². The lowest BCUT2D eigenvalue weighted by Crippen LogP contribution is -2.44. The van der Waals surface area contributed by atoms with Crippen LogP contribution in [0.25, 0.3) is 0 Å². The van der Waals surface area contributed by atoms with Crippen molar-refractivity contribution in [3.63, 3.8) is 0 Å². The van der Waals surface area contributed by atoms with Crippen LogP contribution in [0.3, 0.4) is 0 Å². The molecule has 0 bridgehead atoms. The van der Waals surface area contributed by atoms with Gasteiger partial charge in [-0.2, -0.15) is 0 Å². The first-order chi connectivity index (χ1) is 6.54. The Balaban J connectivity index is 4.17. The fourth-order valence-corrected chi connectivity index (χ4v) is 0.864. The molecule has 0 radical (unpaired) electrons. The van der Waals surface area contributed by atoms with E-state index in [1.165, 1.54) is 12.0 Å². The smallest absolute Gasteiger partial charge is 0.225 e. The molecule has 6 nitrogen and oxygen atoms in total. The van der Waals surface area contributed by atoms with E-state index in [-0.39, 0.29) is 18.2 Å². The van der Waals surface area contributed by atoms with Gasteiger partial charge in [0.05, 0.1) is 19.1 Å². The van der Waals surface area contributed by atoms with Crippen LogP contribution < -0.4 is 5.73 Å². The van der Waals surface area contributed by atoms with Crippen LogP contribution >= 0.6 is 0 Å². The van der Waals surface area contributed by atoms with Crippen molar-refractivity contribution in [2.24, 2.45) is 10.9 Å². The molecule has 0 saturated carbocycles. The molecular formula is C8H17N3O3. The summed E-state index contributed by atoms with van der Waals surface area (Å²) in [5, 5.41) is 11.3. The largest absolute Gasteiger partial charge is 0.409 e. The Hall–Kier alpha value is -1.30. The number of carbonyl (C=O) groups excluding carboxylic acids is 1. The van der Waals surface area contributed by atoms with E-state index in [1.54, 1.807) is 14.0 Å². The van der Waals surface area contributed by atoms with Gasteiger partial charge in [0.1, 0.15) is 0 Å². The number of ether oxygens (including phenoxy) is 1. The number of likely N-dealkylation sites (N-methyl/N-ethyl adjacent to an activating group) is 1. The molecule has 1 amide bonds. The van der Waals surface area contributed by atoms with Crippen LogP contribution in [0.4, 0.5) is 0 Å². The van der Waals surface area contributed by atoms with Crippen molar-refractivity contribution in [3.05, 3.63) is 0 Å². The molecule has 0 rings (SSSR count). The van der Waals surface area contributed by atoms with Crippen molar-refractivity contribution in [2.75, 3.05) is 20.8 Å². The minimum atomic E-state index is -0.413. The molecule has 0 aromatic carbocycles. The molecule has 0 aromatic heterocycles. The first kappa shape index (κ1) is 12.7. The lowest BCUT2D eigenvalue weighted by atomic mass is 10.2. The molecule has 1 unspecified atom stereocenters. The summed E-state index contributed by atoms with van der Waals surface area (Å²) < 4.78 is 4.77. The summed E-state index contributed by atoms with van der Waals surface area (Å²) in [5.74, 6) is -0.0933. The predicted molar refractivity (Wildman–Crippen MR) is 52.1 cm³/mol. The van der Waals surface area contributed by atoms with Gasteiger partial charge in [-0.15, -0.1) is 0 Å². The Morgan fingerprint density at radius 2 is 2.29 bits per heavy atom. The second-order valence-electron chi connectivity index (χ2n) is 2.95. The minimum absolute atomic E-state index is 0.0123. The third-order valence-electron chi connectivity index (χ3n) is 2.04. The standard InChI is InChI=1S/C8H17N3O3/c1-6(8(9)10-13)11(2)7(12)4-5-14-3/h6,13H,4-5H2,1-3H3,(H2,9,10). The van der Waals surface area contributed by atoms with Gasteiger partial charge in [0.2, 0.25) is 5.91 Å². The lowest BCUT2D eigenvalue weighted by molar-refractivity contribution is -0.131. The van der Waals surface area contributed by atoms with Crippen molar-refractivity contribution in [1.29, 1.82) is 0 Å². The third kappa shape index (κ3) is 3.61. The molecule has 0 heterocycles. The Kier molecular flexibility index (Phi) is 5.62. The molecule has 3 N–H and O–H groups in total. The van der Waals surface area contributed by atoms with Gasteiger partial charge in [-0.05, 0) is 6.92 Å². The number of nitrogens with two attached hydrogens (primary N) is 1. The van der Waals surface area contributed by atoms with Crippen LogP contribution in [0, 0.1) is 0 Å². The Morgan fingerprint density at radius 3 is 2.71 bits per heavy atom. The first-order valence-corrected chi connectivity index (χ1v) is 4.26. The Labute approximate surface area is 83.3 Å². The van der Waals surface area contributed by atoms with Crippen LogP contribution in [-0.2, 0) is 9.53 Å². The minimum Gasteiger partial charge on any atom is -0.409 e. The fourth-order valence-electron chi connectivity index (χ4n) is 0.864. The van der Waals surface area contributed by atoms with Crippen molar-refractivity contribution in [2.45, 2.75) is 19.4 Å². The van der Waals surface area contributed by atoms with E-state index < -0.39 is 6.04 Å². The number of amidine groups is 1. The molecule has 0 aliphatic carbocycles. The van der Waals surface area contributed by atoms with Gasteiger partial charge in [-0.25, -0.2) is 0 Å². The number of nitrogens with zero attached hydrogens (tertiary/aromatic N) is 2. The van der Waals surface area contributed by atoms with E-state index in [1.807, 2.05) is 0 Å². The average Bonchev–Trinajstić information content (AvgIpc) is 2.22. The fraction of sp³-hybridized carbons (Fsp3) is 0.750. The molecular weight excluding hydrogens is 186 g/mol. The summed E-state index contributed by atoms with van der Waals surface area (Å²) in [6, 6.07) is -0.413. The topological polar surface area (TPSA) is 88.2 Å². The van der Waals surface area contributed by atoms with Gasteiger partial charge in [0.25, 0.3) is 0 Å².